The van der Waals surface area contributed by atoms with Crippen molar-refractivity contribution in [2.45, 2.75) is 6.92 Å². The van der Waals surface area contributed by atoms with Gasteiger partial charge in [0.05, 0.1) is 12.0 Å². The summed E-state index contributed by atoms with van der Waals surface area (Å²) >= 11 is 1.21. The van der Waals surface area contributed by atoms with E-state index >= 15 is 0 Å². The second-order valence-electron chi connectivity index (χ2n) is 4.29. The van der Waals surface area contributed by atoms with Crippen molar-refractivity contribution < 1.29 is 9.21 Å². The zero-order valence-corrected chi connectivity index (χ0v) is 11.5. The number of hydrogen-bond acceptors (Lipinski definition) is 6. The maximum atomic E-state index is 11.7. The number of furan rings is 1. The van der Waals surface area contributed by atoms with Crippen molar-refractivity contribution in [2.24, 2.45) is 5.84 Å². The molecule has 0 spiro atoms. The van der Waals surface area contributed by atoms with Gasteiger partial charge in [0.15, 0.2) is 0 Å². The second-order valence-corrected chi connectivity index (χ2v) is 5.29. The Balaban J connectivity index is 2.35. The highest BCUT2D eigenvalue weighted by Crippen LogP contribution is 2.39. The molecule has 0 atom stereocenters. The quantitative estimate of drug-likeness (QED) is 0.380. The summed E-state index contributed by atoms with van der Waals surface area (Å²) in [5, 5.41) is 0.717. The van der Waals surface area contributed by atoms with Crippen LogP contribution in [0.3, 0.4) is 0 Å². The second kappa shape index (κ2) is 4.62. The first-order valence-corrected chi connectivity index (χ1v) is 6.68. The van der Waals surface area contributed by atoms with Gasteiger partial charge in [-0.1, -0.05) is 0 Å². The maximum Gasteiger partial charge on any atom is 0.277 e. The SMILES string of the molecule is Cc1cc(-c2ccco2)c2c(N)c(C(=O)NN)sc2n1. The number of amides is 1. The first-order valence-electron chi connectivity index (χ1n) is 5.86. The van der Waals surface area contributed by atoms with Crippen LogP contribution in [-0.4, -0.2) is 10.9 Å². The summed E-state index contributed by atoms with van der Waals surface area (Å²) in [6.07, 6.45) is 1.59. The fourth-order valence-electron chi connectivity index (χ4n) is 2.10. The summed E-state index contributed by atoms with van der Waals surface area (Å²) in [5.41, 5.74) is 10.2. The Bertz CT molecular complexity index is 792. The number of anilines is 1. The molecule has 5 N–H and O–H groups in total. The van der Waals surface area contributed by atoms with Crippen LogP contribution in [-0.2, 0) is 0 Å². The molecule has 0 aliphatic carbocycles. The van der Waals surface area contributed by atoms with Crippen LogP contribution in [0.5, 0.6) is 0 Å². The first kappa shape index (κ1) is 12.6. The van der Waals surface area contributed by atoms with Gasteiger partial charge in [-0.25, -0.2) is 10.8 Å². The van der Waals surface area contributed by atoms with Crippen molar-refractivity contribution in [3.63, 3.8) is 0 Å². The highest BCUT2D eigenvalue weighted by Gasteiger charge is 2.20. The van der Waals surface area contributed by atoms with Gasteiger partial charge in [-0.05, 0) is 25.1 Å². The Morgan fingerprint density at radius 3 is 2.95 bits per heavy atom. The van der Waals surface area contributed by atoms with E-state index in [9.17, 15) is 4.79 Å². The third-order valence-corrected chi connectivity index (χ3v) is 4.05. The van der Waals surface area contributed by atoms with Crippen molar-refractivity contribution in [3.8, 4) is 11.3 Å². The molecule has 0 saturated heterocycles. The third kappa shape index (κ3) is 1.84. The van der Waals surface area contributed by atoms with E-state index in [2.05, 4.69) is 10.4 Å². The van der Waals surface area contributed by atoms with Crippen molar-refractivity contribution in [3.05, 3.63) is 35.0 Å². The van der Waals surface area contributed by atoms with Gasteiger partial charge in [-0.3, -0.25) is 10.2 Å². The van der Waals surface area contributed by atoms with Crippen LogP contribution in [0.15, 0.2) is 28.9 Å². The van der Waals surface area contributed by atoms with Crippen molar-refractivity contribution in [1.82, 2.24) is 10.4 Å². The number of aromatic nitrogens is 1. The molecule has 0 aliphatic heterocycles. The van der Waals surface area contributed by atoms with Crippen LogP contribution < -0.4 is 17.0 Å². The Hall–Kier alpha value is -2.38. The minimum Gasteiger partial charge on any atom is -0.464 e. The molecule has 3 heterocycles. The number of aryl methyl sites for hydroxylation is 1. The molecule has 3 rings (SSSR count). The number of fused-ring (bicyclic) bond motifs is 1. The average molecular weight is 288 g/mol. The van der Waals surface area contributed by atoms with Crippen LogP contribution in [0.2, 0.25) is 0 Å². The van der Waals surface area contributed by atoms with Gasteiger partial charge in [-0.2, -0.15) is 0 Å². The fraction of sp³-hybridized carbons (Fsp3) is 0.0769. The number of thiophene rings is 1. The lowest BCUT2D eigenvalue weighted by atomic mass is 10.1. The lowest BCUT2D eigenvalue weighted by Gasteiger charge is -2.03. The molecule has 0 unspecified atom stereocenters. The monoisotopic (exact) mass is 288 g/mol. The smallest absolute Gasteiger partial charge is 0.277 e. The van der Waals surface area contributed by atoms with E-state index in [4.69, 9.17) is 16.0 Å². The van der Waals surface area contributed by atoms with Gasteiger partial charge in [-0.15, -0.1) is 11.3 Å². The van der Waals surface area contributed by atoms with E-state index in [1.54, 1.807) is 12.3 Å². The number of nitrogens with one attached hydrogen (secondary N) is 1. The summed E-state index contributed by atoms with van der Waals surface area (Å²) in [5.74, 6) is 5.43. The number of pyridine rings is 1. The van der Waals surface area contributed by atoms with E-state index in [-0.39, 0.29) is 0 Å². The molecule has 0 aliphatic rings. The molecule has 7 heteroatoms. The van der Waals surface area contributed by atoms with Gasteiger partial charge >= 0.3 is 0 Å². The number of rotatable bonds is 2. The molecule has 0 fully saturated rings. The van der Waals surface area contributed by atoms with Gasteiger partial charge in [0.2, 0.25) is 0 Å². The number of nitrogens with two attached hydrogens (primary N) is 2. The topological polar surface area (TPSA) is 107 Å². The third-order valence-electron chi connectivity index (χ3n) is 2.95. The van der Waals surface area contributed by atoms with E-state index in [0.717, 1.165) is 11.3 Å². The molecule has 20 heavy (non-hydrogen) atoms. The van der Waals surface area contributed by atoms with E-state index in [1.165, 1.54) is 11.3 Å². The Labute approximate surface area is 118 Å². The normalized spacial score (nSPS) is 10.9. The summed E-state index contributed by atoms with van der Waals surface area (Å²) in [6.45, 7) is 1.88. The van der Waals surface area contributed by atoms with Crippen LogP contribution in [0, 0.1) is 6.92 Å². The molecule has 3 aromatic rings. The van der Waals surface area contributed by atoms with E-state index in [0.29, 0.717) is 26.5 Å². The van der Waals surface area contributed by atoms with Gasteiger partial charge in [0.25, 0.3) is 5.91 Å². The fourth-order valence-corrected chi connectivity index (χ4v) is 3.17. The molecule has 0 bridgehead atoms. The van der Waals surface area contributed by atoms with Crippen LogP contribution >= 0.6 is 11.3 Å². The molecular formula is C13H12N4O2S. The Kier molecular flexibility index (Phi) is 2.92. The van der Waals surface area contributed by atoms with E-state index < -0.39 is 5.91 Å². The maximum absolute atomic E-state index is 11.7. The summed E-state index contributed by atoms with van der Waals surface area (Å²) in [6, 6.07) is 5.52. The van der Waals surface area contributed by atoms with Gasteiger partial charge in [0.1, 0.15) is 15.5 Å². The molecule has 102 valence electrons. The summed E-state index contributed by atoms with van der Waals surface area (Å²) in [4.78, 5) is 17.2. The minimum atomic E-state index is -0.423. The first-order chi connectivity index (χ1) is 9.61. The lowest BCUT2D eigenvalue weighted by Crippen LogP contribution is -2.29. The summed E-state index contributed by atoms with van der Waals surface area (Å²) in [7, 11) is 0. The number of hydrazine groups is 1. The van der Waals surface area contributed by atoms with Crippen LogP contribution in [0.25, 0.3) is 21.5 Å². The van der Waals surface area contributed by atoms with Crippen LogP contribution in [0.4, 0.5) is 5.69 Å². The zero-order chi connectivity index (χ0) is 14.3. The predicted octanol–water partition coefficient (Wildman–Crippen LogP) is 2.05. The van der Waals surface area contributed by atoms with Crippen molar-refractivity contribution in [2.75, 3.05) is 5.73 Å². The number of carbonyl (C=O) groups excluding carboxylic acids is 1. The number of carbonyl (C=O) groups is 1. The Morgan fingerprint density at radius 2 is 2.30 bits per heavy atom. The predicted molar refractivity (Wildman–Crippen MR) is 78.1 cm³/mol. The highest BCUT2D eigenvalue weighted by atomic mass is 32.1. The Morgan fingerprint density at radius 1 is 1.50 bits per heavy atom. The van der Waals surface area contributed by atoms with E-state index in [1.807, 2.05) is 19.1 Å². The van der Waals surface area contributed by atoms with Crippen molar-refractivity contribution in [1.29, 1.82) is 0 Å². The summed E-state index contributed by atoms with van der Waals surface area (Å²) < 4.78 is 5.43. The molecule has 0 radical (unpaired) electrons. The average Bonchev–Trinajstić information content (AvgIpc) is 3.05. The van der Waals surface area contributed by atoms with Gasteiger partial charge < -0.3 is 10.2 Å². The number of nitrogen functional groups attached to an aromatic ring is 2. The number of nitrogens with zero attached hydrogens (tertiary/aromatic N) is 1. The standard InChI is InChI=1S/C13H12N4O2S/c1-6-5-7(8-3-2-4-19-8)9-10(14)11(12(18)17-15)20-13(9)16-6/h2-5H,14-15H2,1H3,(H,17,18). The molecule has 6 nitrogen and oxygen atoms in total. The largest absolute Gasteiger partial charge is 0.464 e. The highest BCUT2D eigenvalue weighted by molar-refractivity contribution is 7.21. The molecule has 0 saturated carbocycles. The number of hydrogen-bond donors (Lipinski definition) is 3. The van der Waals surface area contributed by atoms with Crippen molar-refractivity contribution >= 4 is 33.1 Å². The molecule has 0 aromatic carbocycles. The molecule has 3 aromatic heterocycles. The molecular weight excluding hydrogens is 276 g/mol. The van der Waals surface area contributed by atoms with Gasteiger partial charge in [0, 0.05) is 16.6 Å². The zero-order valence-electron chi connectivity index (χ0n) is 10.6. The van der Waals surface area contributed by atoms with Crippen LogP contribution in [0.1, 0.15) is 15.4 Å². The molecule has 1 amide bonds. The minimum absolute atomic E-state index is 0.355. The lowest BCUT2D eigenvalue weighted by molar-refractivity contribution is 0.0958.